The molecule has 32 heavy (non-hydrogen) atoms. The molecule has 0 spiro atoms. The van der Waals surface area contributed by atoms with E-state index in [0.29, 0.717) is 0 Å². The van der Waals surface area contributed by atoms with Gasteiger partial charge in [-0.2, -0.15) is 4.72 Å². The number of amides is 1. The maximum atomic E-state index is 13.1. The van der Waals surface area contributed by atoms with Gasteiger partial charge in [-0.05, 0) is 36.6 Å². The average Bonchev–Trinajstić information content (AvgIpc) is 2.79. The van der Waals surface area contributed by atoms with Crippen LogP contribution >= 0.6 is 0 Å². The topological polar surface area (TPSA) is 118 Å². The Bertz CT molecular complexity index is 1170. The second kappa shape index (κ2) is 10.2. The number of nitro benzene ring substituents is 1. The molecule has 3 aromatic rings. The van der Waals surface area contributed by atoms with Crippen LogP contribution in [-0.2, 0) is 21.2 Å². The maximum absolute atomic E-state index is 13.1. The third-order valence-corrected chi connectivity index (χ3v) is 6.40. The molecular weight excluding hydrogens is 430 g/mol. The van der Waals surface area contributed by atoms with E-state index in [2.05, 4.69) is 10.0 Å². The van der Waals surface area contributed by atoms with Gasteiger partial charge in [0.15, 0.2) is 0 Å². The highest BCUT2D eigenvalue weighted by atomic mass is 32.2. The van der Waals surface area contributed by atoms with Crippen molar-refractivity contribution in [3.8, 4) is 0 Å². The smallest absolute Gasteiger partial charge is 0.269 e. The van der Waals surface area contributed by atoms with Crippen LogP contribution in [0.25, 0.3) is 0 Å². The van der Waals surface area contributed by atoms with Gasteiger partial charge in [-0.15, -0.1) is 0 Å². The van der Waals surface area contributed by atoms with Crippen molar-refractivity contribution in [1.82, 2.24) is 10.0 Å². The van der Waals surface area contributed by atoms with E-state index in [1.807, 2.05) is 55.5 Å². The Hall–Kier alpha value is -3.56. The summed E-state index contributed by atoms with van der Waals surface area (Å²) < 4.78 is 28.3. The molecule has 166 valence electrons. The van der Waals surface area contributed by atoms with Gasteiger partial charge in [-0.25, -0.2) is 8.42 Å². The van der Waals surface area contributed by atoms with E-state index in [1.54, 1.807) is 12.1 Å². The van der Waals surface area contributed by atoms with Gasteiger partial charge >= 0.3 is 0 Å². The van der Waals surface area contributed by atoms with Crippen molar-refractivity contribution in [2.24, 2.45) is 0 Å². The van der Waals surface area contributed by atoms with Gasteiger partial charge in [0.1, 0.15) is 6.04 Å². The van der Waals surface area contributed by atoms with Gasteiger partial charge in [-0.3, -0.25) is 14.9 Å². The molecule has 2 unspecified atom stereocenters. The zero-order valence-electron chi connectivity index (χ0n) is 17.3. The first-order chi connectivity index (χ1) is 15.3. The fraction of sp³-hybridized carbons (Fsp3) is 0.174. The van der Waals surface area contributed by atoms with Crippen LogP contribution in [0.1, 0.15) is 24.1 Å². The first-order valence-electron chi connectivity index (χ1n) is 9.92. The molecule has 0 fully saturated rings. The molecule has 8 nitrogen and oxygen atoms in total. The van der Waals surface area contributed by atoms with E-state index in [-0.39, 0.29) is 23.0 Å². The molecule has 0 saturated carbocycles. The van der Waals surface area contributed by atoms with Crippen molar-refractivity contribution < 1.29 is 18.1 Å². The van der Waals surface area contributed by atoms with E-state index in [4.69, 9.17) is 0 Å². The summed E-state index contributed by atoms with van der Waals surface area (Å²) in [5.74, 6) is -0.476. The molecule has 2 N–H and O–H groups in total. The molecule has 0 aliphatic rings. The van der Waals surface area contributed by atoms with E-state index in [1.165, 1.54) is 0 Å². The Morgan fingerprint density at radius 3 is 2.06 bits per heavy atom. The fourth-order valence-corrected chi connectivity index (χ4v) is 4.37. The highest BCUT2D eigenvalue weighted by Crippen LogP contribution is 2.17. The Morgan fingerprint density at radius 1 is 0.938 bits per heavy atom. The number of carbonyl (C=O) groups is 1. The fourth-order valence-electron chi connectivity index (χ4n) is 3.18. The van der Waals surface area contributed by atoms with Crippen LogP contribution in [0.3, 0.4) is 0 Å². The molecule has 3 aromatic carbocycles. The second-order valence-electron chi connectivity index (χ2n) is 7.26. The molecule has 3 rings (SSSR count). The lowest BCUT2D eigenvalue weighted by molar-refractivity contribution is -0.384. The van der Waals surface area contributed by atoms with Crippen LogP contribution in [-0.4, -0.2) is 25.3 Å². The van der Waals surface area contributed by atoms with E-state index in [9.17, 15) is 23.3 Å². The number of benzene rings is 3. The monoisotopic (exact) mass is 453 g/mol. The number of nitrogens with one attached hydrogen (secondary N) is 2. The first kappa shape index (κ1) is 23.1. The highest BCUT2D eigenvalue weighted by molar-refractivity contribution is 7.89. The summed E-state index contributed by atoms with van der Waals surface area (Å²) in [5, 5.41) is 13.7. The molecule has 0 saturated heterocycles. The van der Waals surface area contributed by atoms with Gasteiger partial charge in [0.05, 0.1) is 15.9 Å². The molecule has 0 heterocycles. The van der Waals surface area contributed by atoms with Gasteiger partial charge in [0, 0.05) is 12.1 Å². The minimum atomic E-state index is -4.10. The summed E-state index contributed by atoms with van der Waals surface area (Å²) in [7, 11) is -4.10. The van der Waals surface area contributed by atoms with Crippen molar-refractivity contribution in [3.63, 3.8) is 0 Å². The van der Waals surface area contributed by atoms with Gasteiger partial charge < -0.3 is 5.32 Å². The van der Waals surface area contributed by atoms with E-state index >= 15 is 0 Å². The maximum Gasteiger partial charge on any atom is 0.269 e. The summed E-state index contributed by atoms with van der Waals surface area (Å²) in [6.45, 7) is 1.82. The number of carbonyl (C=O) groups excluding carboxylic acids is 1. The van der Waals surface area contributed by atoms with Crippen molar-refractivity contribution in [1.29, 1.82) is 0 Å². The first-order valence-corrected chi connectivity index (χ1v) is 11.4. The normalized spacial score (nSPS) is 13.2. The third kappa shape index (κ3) is 5.99. The lowest BCUT2D eigenvalue weighted by atomic mass is 10.0. The number of sulfonamides is 1. The minimum absolute atomic E-state index is 0.139. The van der Waals surface area contributed by atoms with Gasteiger partial charge in [0.2, 0.25) is 15.9 Å². The molecule has 0 aliphatic carbocycles. The summed E-state index contributed by atoms with van der Waals surface area (Å²) in [5.41, 5.74) is 1.45. The van der Waals surface area contributed by atoms with Crippen LogP contribution in [0, 0.1) is 10.1 Å². The summed E-state index contributed by atoms with van der Waals surface area (Å²) >= 11 is 0. The van der Waals surface area contributed by atoms with Crippen molar-refractivity contribution in [3.05, 3.63) is 106 Å². The Balaban J connectivity index is 1.83. The Kier molecular flexibility index (Phi) is 7.34. The molecule has 0 aliphatic heterocycles. The molecule has 1 amide bonds. The predicted molar refractivity (Wildman–Crippen MR) is 120 cm³/mol. The average molecular weight is 454 g/mol. The number of rotatable bonds is 9. The van der Waals surface area contributed by atoms with Crippen molar-refractivity contribution in [2.45, 2.75) is 30.3 Å². The predicted octanol–water partition coefficient (Wildman–Crippen LogP) is 3.36. The number of nitro groups is 1. The molecule has 0 aromatic heterocycles. The molecule has 9 heteroatoms. The van der Waals surface area contributed by atoms with Crippen molar-refractivity contribution >= 4 is 21.6 Å². The van der Waals surface area contributed by atoms with Crippen LogP contribution in [0.4, 0.5) is 5.69 Å². The van der Waals surface area contributed by atoms with E-state index in [0.717, 1.165) is 35.4 Å². The summed E-state index contributed by atoms with van der Waals surface area (Å²) in [6.07, 6.45) is 0.139. The van der Waals surface area contributed by atoms with Crippen LogP contribution in [0.5, 0.6) is 0 Å². The van der Waals surface area contributed by atoms with Crippen LogP contribution in [0.2, 0.25) is 0 Å². The van der Waals surface area contributed by atoms with Gasteiger partial charge in [-0.1, -0.05) is 60.7 Å². The van der Waals surface area contributed by atoms with E-state index < -0.39 is 26.9 Å². The summed E-state index contributed by atoms with van der Waals surface area (Å²) in [4.78, 5) is 23.1. The third-order valence-electron chi connectivity index (χ3n) is 4.91. The Labute approximate surface area is 186 Å². The molecular formula is C23H23N3O5S. The van der Waals surface area contributed by atoms with Gasteiger partial charge in [0.25, 0.3) is 5.69 Å². The number of hydrogen-bond acceptors (Lipinski definition) is 5. The van der Waals surface area contributed by atoms with Crippen LogP contribution in [0.15, 0.2) is 89.8 Å². The molecule has 0 bridgehead atoms. The standard InChI is InChI=1S/C23H23N3O5S/c1-17(19-10-6-3-7-11-19)24-23(27)22(16-18-8-4-2-5-9-18)25-32(30,31)21-14-12-20(13-15-21)26(28)29/h2-15,17,22,25H,16H2,1H3,(H,24,27). The SMILES string of the molecule is CC(NC(=O)C(Cc1ccccc1)NS(=O)(=O)c1ccc([N+](=O)[O-])cc1)c1ccccc1. The lowest BCUT2D eigenvalue weighted by Crippen LogP contribution is -2.48. The second-order valence-corrected chi connectivity index (χ2v) is 8.97. The van der Waals surface area contributed by atoms with Crippen LogP contribution < -0.4 is 10.0 Å². The minimum Gasteiger partial charge on any atom is -0.348 e. The zero-order chi connectivity index (χ0) is 23.1. The molecule has 0 radical (unpaired) electrons. The lowest BCUT2D eigenvalue weighted by Gasteiger charge is -2.22. The molecule has 2 atom stereocenters. The quantitative estimate of drug-likeness (QED) is 0.380. The largest absolute Gasteiger partial charge is 0.348 e. The number of nitrogens with zero attached hydrogens (tertiary/aromatic N) is 1. The summed E-state index contributed by atoms with van der Waals surface area (Å²) in [6, 6.07) is 21.5. The zero-order valence-corrected chi connectivity index (χ0v) is 18.2. The highest BCUT2D eigenvalue weighted by Gasteiger charge is 2.27. The number of hydrogen-bond donors (Lipinski definition) is 2. The van der Waals surface area contributed by atoms with Crippen molar-refractivity contribution in [2.75, 3.05) is 0 Å². The Morgan fingerprint density at radius 2 is 1.50 bits per heavy atom. The number of non-ortho nitro benzene ring substituents is 1.